The van der Waals surface area contributed by atoms with Gasteiger partial charge in [0.25, 0.3) is 0 Å². The van der Waals surface area contributed by atoms with Crippen molar-refractivity contribution < 1.29 is 13.9 Å². The number of halogens is 1. The van der Waals surface area contributed by atoms with Gasteiger partial charge in [0.2, 0.25) is 0 Å². The number of rotatable bonds is 6. The second kappa shape index (κ2) is 8.83. The molecule has 8 heteroatoms. The molecule has 4 heterocycles. The zero-order valence-electron chi connectivity index (χ0n) is 18.0. The minimum absolute atomic E-state index is 0.0512. The lowest BCUT2D eigenvalue weighted by atomic mass is 10.1. The summed E-state index contributed by atoms with van der Waals surface area (Å²) >= 11 is 0. The van der Waals surface area contributed by atoms with Gasteiger partial charge in [-0.2, -0.15) is 5.10 Å². The molecule has 0 bridgehead atoms. The molecule has 1 fully saturated rings. The highest BCUT2D eigenvalue weighted by molar-refractivity contribution is 5.95. The summed E-state index contributed by atoms with van der Waals surface area (Å²) < 4.78 is 20.8. The van der Waals surface area contributed by atoms with Gasteiger partial charge in [0.05, 0.1) is 42.1 Å². The summed E-state index contributed by atoms with van der Waals surface area (Å²) in [5, 5.41) is 4.20. The zero-order valence-corrected chi connectivity index (χ0v) is 18.0. The Balaban J connectivity index is 1.73. The lowest BCUT2D eigenvalue weighted by Gasteiger charge is -2.27. The van der Waals surface area contributed by atoms with Crippen molar-refractivity contribution in [2.75, 3.05) is 18.1 Å². The molecule has 3 aromatic heterocycles. The van der Waals surface area contributed by atoms with Crippen LogP contribution < -0.4 is 4.90 Å². The lowest BCUT2D eigenvalue weighted by Crippen LogP contribution is -2.25. The van der Waals surface area contributed by atoms with E-state index in [0.717, 1.165) is 36.5 Å². The molecule has 4 rings (SSSR count). The van der Waals surface area contributed by atoms with Crippen molar-refractivity contribution in [1.29, 1.82) is 0 Å². The Morgan fingerprint density at radius 2 is 2.23 bits per heavy atom. The van der Waals surface area contributed by atoms with Crippen LogP contribution in [0.4, 0.5) is 10.1 Å². The summed E-state index contributed by atoms with van der Waals surface area (Å²) in [7, 11) is 0. The maximum Gasteiger partial charge on any atom is 0.343 e. The molecule has 1 aliphatic heterocycles. The molecule has 0 N–H and O–H groups in total. The standard InChI is InChI=1S/C23H26FN5O2/c1-4-31-23(30)17-14-26-29-11-9-19(27-22(17)29)20-6-5-10-28(20)21-12-16(24)13-25-18(21)8-7-15(2)3/h7-9,11-15,20H,4-6,10H2,1-3H3/b8-7+. The molecular formula is C23H26FN5O2. The summed E-state index contributed by atoms with van der Waals surface area (Å²) in [5.41, 5.74) is 3.08. The maximum absolute atomic E-state index is 14.1. The lowest BCUT2D eigenvalue weighted by molar-refractivity contribution is 0.0528. The van der Waals surface area contributed by atoms with Gasteiger partial charge in [-0.1, -0.05) is 19.9 Å². The molecule has 1 atom stereocenters. The molecule has 0 amide bonds. The number of carbonyl (C=O) groups is 1. The largest absolute Gasteiger partial charge is 0.462 e. The number of allylic oxidation sites excluding steroid dienone is 1. The van der Waals surface area contributed by atoms with Gasteiger partial charge in [0.1, 0.15) is 11.4 Å². The monoisotopic (exact) mass is 423 g/mol. The zero-order chi connectivity index (χ0) is 22.0. The van der Waals surface area contributed by atoms with E-state index in [4.69, 9.17) is 9.72 Å². The molecule has 0 aliphatic carbocycles. The van der Waals surface area contributed by atoms with Crippen molar-refractivity contribution in [1.82, 2.24) is 19.6 Å². The Bertz CT molecular complexity index is 1120. The number of aromatic nitrogens is 4. The van der Waals surface area contributed by atoms with Gasteiger partial charge in [0.15, 0.2) is 5.65 Å². The predicted molar refractivity (Wildman–Crippen MR) is 116 cm³/mol. The van der Waals surface area contributed by atoms with Gasteiger partial charge in [-0.15, -0.1) is 0 Å². The van der Waals surface area contributed by atoms with E-state index < -0.39 is 5.97 Å². The third kappa shape index (κ3) is 4.28. The van der Waals surface area contributed by atoms with E-state index in [1.54, 1.807) is 17.6 Å². The predicted octanol–water partition coefficient (Wildman–Crippen LogP) is 4.45. The molecule has 0 radical (unpaired) electrons. The van der Waals surface area contributed by atoms with Crippen LogP contribution >= 0.6 is 0 Å². The van der Waals surface area contributed by atoms with E-state index >= 15 is 0 Å². The second-order valence-electron chi connectivity index (χ2n) is 7.91. The van der Waals surface area contributed by atoms with E-state index in [9.17, 15) is 9.18 Å². The highest BCUT2D eigenvalue weighted by Gasteiger charge is 2.30. The number of anilines is 1. The van der Waals surface area contributed by atoms with Crippen LogP contribution in [0, 0.1) is 11.7 Å². The number of esters is 1. The smallest absolute Gasteiger partial charge is 0.343 e. The Morgan fingerprint density at radius 3 is 3.00 bits per heavy atom. The number of hydrogen-bond acceptors (Lipinski definition) is 6. The molecule has 0 spiro atoms. The first kappa shape index (κ1) is 21.0. The van der Waals surface area contributed by atoms with Crippen LogP contribution in [0.1, 0.15) is 61.4 Å². The Kier molecular flexibility index (Phi) is 5.97. The summed E-state index contributed by atoms with van der Waals surface area (Å²) in [6.45, 7) is 6.99. The SMILES string of the molecule is CCOC(=O)c1cnn2ccc(C3CCCN3c3cc(F)cnc3/C=C/C(C)C)nc12. The average Bonchev–Trinajstić information content (AvgIpc) is 3.39. The number of nitrogens with zero attached hydrogens (tertiary/aromatic N) is 5. The van der Waals surface area contributed by atoms with Gasteiger partial charge in [-0.25, -0.2) is 18.7 Å². The fraction of sp³-hybridized carbons (Fsp3) is 0.391. The van der Waals surface area contributed by atoms with Gasteiger partial charge < -0.3 is 9.64 Å². The van der Waals surface area contributed by atoms with E-state index in [2.05, 4.69) is 34.9 Å². The number of fused-ring (bicyclic) bond motifs is 1. The molecule has 1 unspecified atom stereocenters. The van der Waals surface area contributed by atoms with E-state index in [1.807, 2.05) is 12.1 Å². The first-order valence-corrected chi connectivity index (χ1v) is 10.6. The maximum atomic E-state index is 14.1. The normalized spacial score (nSPS) is 16.7. The van der Waals surface area contributed by atoms with Crippen LogP contribution in [0.3, 0.4) is 0 Å². The van der Waals surface area contributed by atoms with Crippen LogP contribution in [-0.2, 0) is 4.74 Å². The molecule has 7 nitrogen and oxygen atoms in total. The fourth-order valence-electron chi connectivity index (χ4n) is 3.87. The van der Waals surface area contributed by atoms with Crippen molar-refractivity contribution in [2.45, 2.75) is 39.7 Å². The summed E-state index contributed by atoms with van der Waals surface area (Å²) in [6, 6.07) is 3.38. The van der Waals surface area contributed by atoms with Crippen LogP contribution in [0.15, 0.2) is 36.8 Å². The first-order chi connectivity index (χ1) is 15.0. The molecule has 3 aromatic rings. The number of pyridine rings is 1. The van der Waals surface area contributed by atoms with Crippen molar-refractivity contribution in [3.8, 4) is 0 Å². The average molecular weight is 423 g/mol. The van der Waals surface area contributed by atoms with Crippen molar-refractivity contribution >= 4 is 23.4 Å². The minimum atomic E-state index is -0.444. The van der Waals surface area contributed by atoms with Gasteiger partial charge in [-0.05, 0) is 37.8 Å². The highest BCUT2D eigenvalue weighted by Crippen LogP contribution is 2.37. The molecular weight excluding hydrogens is 397 g/mol. The van der Waals surface area contributed by atoms with Crippen molar-refractivity contribution in [3.05, 3.63) is 59.6 Å². The summed E-state index contributed by atoms with van der Waals surface area (Å²) in [5.74, 6) is -0.451. The molecule has 162 valence electrons. The number of hydrogen-bond donors (Lipinski definition) is 0. The molecule has 1 aliphatic rings. The van der Waals surface area contributed by atoms with E-state index in [0.29, 0.717) is 17.1 Å². The quantitative estimate of drug-likeness (QED) is 0.546. The molecule has 0 saturated carbocycles. The fourth-order valence-corrected chi connectivity index (χ4v) is 3.87. The molecule has 0 aromatic carbocycles. The Morgan fingerprint density at radius 1 is 1.39 bits per heavy atom. The molecule has 31 heavy (non-hydrogen) atoms. The summed E-state index contributed by atoms with van der Waals surface area (Å²) in [4.78, 5) is 23.5. The van der Waals surface area contributed by atoms with E-state index in [-0.39, 0.29) is 18.5 Å². The van der Waals surface area contributed by atoms with Gasteiger partial charge in [0, 0.05) is 18.8 Å². The van der Waals surface area contributed by atoms with E-state index in [1.165, 1.54) is 18.5 Å². The van der Waals surface area contributed by atoms with Crippen LogP contribution in [-0.4, -0.2) is 38.7 Å². The highest BCUT2D eigenvalue weighted by atomic mass is 19.1. The second-order valence-corrected chi connectivity index (χ2v) is 7.91. The van der Waals surface area contributed by atoms with Crippen LogP contribution in [0.5, 0.6) is 0 Å². The van der Waals surface area contributed by atoms with Crippen LogP contribution in [0.2, 0.25) is 0 Å². The van der Waals surface area contributed by atoms with Gasteiger partial charge in [-0.3, -0.25) is 4.98 Å². The first-order valence-electron chi connectivity index (χ1n) is 10.6. The Labute approximate surface area is 180 Å². The van der Waals surface area contributed by atoms with Crippen molar-refractivity contribution in [3.63, 3.8) is 0 Å². The number of ether oxygens (including phenoxy) is 1. The third-order valence-electron chi connectivity index (χ3n) is 5.29. The van der Waals surface area contributed by atoms with Gasteiger partial charge >= 0.3 is 5.97 Å². The van der Waals surface area contributed by atoms with Crippen molar-refractivity contribution in [2.24, 2.45) is 5.92 Å². The van der Waals surface area contributed by atoms with Crippen LogP contribution in [0.25, 0.3) is 11.7 Å². The topological polar surface area (TPSA) is 72.6 Å². The molecule has 1 saturated heterocycles. The minimum Gasteiger partial charge on any atom is -0.462 e. The summed E-state index contributed by atoms with van der Waals surface area (Å²) in [6.07, 6.45) is 10.3. The number of carbonyl (C=O) groups excluding carboxylic acids is 1. The Hall–Kier alpha value is -3.29. The third-order valence-corrected chi connectivity index (χ3v) is 5.29.